The molecular weight excluding hydrogens is 304 g/mol. The minimum atomic E-state index is -0.456. The molecule has 0 heterocycles. The van der Waals surface area contributed by atoms with Crippen molar-refractivity contribution in [1.82, 2.24) is 5.32 Å². The standard InChI is InChI=1S/C14H30N4OS2/c15-6-2-1-3-11(17)14(19)18-10-4-5-12(20)13(21)8-9(16)7-10/h9-13,20-21H,1-8,15-17H2,(H,18,19)/t9?,10?,11-,12?,13?/m0/s1. The normalized spacial score (nSPS) is 32.0. The van der Waals surface area contributed by atoms with E-state index in [4.69, 9.17) is 17.2 Å². The fourth-order valence-corrected chi connectivity index (χ4v) is 3.38. The summed E-state index contributed by atoms with van der Waals surface area (Å²) in [6, 6.07) is -0.326. The van der Waals surface area contributed by atoms with Gasteiger partial charge in [0.25, 0.3) is 0 Å². The average Bonchev–Trinajstić information content (AvgIpc) is 2.43. The van der Waals surface area contributed by atoms with Crippen LogP contribution in [0.3, 0.4) is 0 Å². The maximum absolute atomic E-state index is 12.1. The molecule has 0 aromatic rings. The van der Waals surface area contributed by atoms with Gasteiger partial charge < -0.3 is 22.5 Å². The Morgan fingerprint density at radius 3 is 2.57 bits per heavy atom. The molecule has 1 rings (SSSR count). The van der Waals surface area contributed by atoms with Gasteiger partial charge in [0.1, 0.15) is 0 Å². The predicted octanol–water partition coefficient (Wildman–Crippen LogP) is 0.426. The molecule has 0 aromatic carbocycles. The van der Waals surface area contributed by atoms with Crippen molar-refractivity contribution in [3.05, 3.63) is 0 Å². The number of nitrogens with two attached hydrogens (primary N) is 3. The van der Waals surface area contributed by atoms with Crippen molar-refractivity contribution in [2.45, 2.75) is 73.6 Å². The Labute approximate surface area is 139 Å². The maximum atomic E-state index is 12.1. The molecule has 1 aliphatic rings. The van der Waals surface area contributed by atoms with Gasteiger partial charge in [0.05, 0.1) is 6.04 Å². The van der Waals surface area contributed by atoms with Crippen molar-refractivity contribution in [3.8, 4) is 0 Å². The molecule has 1 aliphatic carbocycles. The van der Waals surface area contributed by atoms with Crippen molar-refractivity contribution >= 4 is 31.2 Å². The van der Waals surface area contributed by atoms with Crippen LogP contribution in [0.15, 0.2) is 0 Å². The minimum absolute atomic E-state index is 0.0428. The van der Waals surface area contributed by atoms with Crippen LogP contribution in [-0.2, 0) is 4.79 Å². The van der Waals surface area contributed by atoms with Crippen molar-refractivity contribution in [2.75, 3.05) is 6.54 Å². The molecule has 0 spiro atoms. The van der Waals surface area contributed by atoms with E-state index in [1.165, 1.54) is 0 Å². The van der Waals surface area contributed by atoms with Gasteiger partial charge >= 0.3 is 0 Å². The van der Waals surface area contributed by atoms with Gasteiger partial charge in [-0.05, 0) is 45.1 Å². The Balaban J connectivity index is 2.42. The van der Waals surface area contributed by atoms with Gasteiger partial charge in [-0.3, -0.25) is 4.79 Å². The Morgan fingerprint density at radius 1 is 1.19 bits per heavy atom. The summed E-state index contributed by atoms with van der Waals surface area (Å²) in [5.74, 6) is -0.0806. The van der Waals surface area contributed by atoms with Gasteiger partial charge in [0.15, 0.2) is 0 Å². The lowest BCUT2D eigenvalue weighted by Crippen LogP contribution is -2.48. The molecular formula is C14H30N4OS2. The number of unbranched alkanes of at least 4 members (excludes halogenated alkanes) is 1. The van der Waals surface area contributed by atoms with E-state index in [0.29, 0.717) is 13.0 Å². The highest BCUT2D eigenvalue weighted by Gasteiger charge is 2.26. The van der Waals surface area contributed by atoms with Crippen LogP contribution in [0.4, 0.5) is 0 Å². The second-order valence-corrected chi connectivity index (χ2v) is 7.37. The van der Waals surface area contributed by atoms with Crippen LogP contribution in [0.5, 0.6) is 0 Å². The molecule has 5 nitrogen and oxygen atoms in total. The summed E-state index contributed by atoms with van der Waals surface area (Å²) in [6.45, 7) is 0.639. The molecule has 1 fully saturated rings. The highest BCUT2D eigenvalue weighted by molar-refractivity contribution is 7.85. The molecule has 4 unspecified atom stereocenters. The quantitative estimate of drug-likeness (QED) is 0.313. The Bertz CT molecular complexity index is 319. The van der Waals surface area contributed by atoms with Gasteiger partial charge in [0.2, 0.25) is 5.91 Å². The van der Waals surface area contributed by atoms with Crippen LogP contribution in [0, 0.1) is 0 Å². The average molecular weight is 335 g/mol. The topological polar surface area (TPSA) is 107 Å². The van der Waals surface area contributed by atoms with Crippen LogP contribution in [0.2, 0.25) is 0 Å². The van der Waals surface area contributed by atoms with E-state index in [9.17, 15) is 4.79 Å². The summed E-state index contributed by atoms with van der Waals surface area (Å²) in [6.07, 6.45) is 5.87. The monoisotopic (exact) mass is 334 g/mol. The summed E-state index contributed by atoms with van der Waals surface area (Å²) >= 11 is 9.10. The second kappa shape index (κ2) is 9.94. The maximum Gasteiger partial charge on any atom is 0.237 e. The largest absolute Gasteiger partial charge is 0.352 e. The fourth-order valence-electron chi connectivity index (χ4n) is 2.69. The number of hydrogen-bond acceptors (Lipinski definition) is 6. The third-order valence-corrected chi connectivity index (χ3v) is 5.46. The molecule has 1 saturated carbocycles. The molecule has 21 heavy (non-hydrogen) atoms. The molecule has 7 N–H and O–H groups in total. The SMILES string of the molecule is NCCCC[C@H](N)C(=O)NC1CCC(S)C(S)CC(N)C1. The zero-order chi connectivity index (χ0) is 15.8. The predicted molar refractivity (Wildman–Crippen MR) is 94.8 cm³/mol. The summed E-state index contributed by atoms with van der Waals surface area (Å²) in [7, 11) is 0. The lowest BCUT2D eigenvalue weighted by Gasteiger charge is -2.31. The van der Waals surface area contributed by atoms with E-state index >= 15 is 0 Å². The lowest BCUT2D eigenvalue weighted by atomic mass is 9.92. The molecule has 5 atom stereocenters. The molecule has 0 radical (unpaired) electrons. The van der Waals surface area contributed by atoms with Gasteiger partial charge in [-0.1, -0.05) is 6.42 Å². The summed E-state index contributed by atoms with van der Waals surface area (Å²) in [5.41, 5.74) is 17.5. The second-order valence-electron chi connectivity index (χ2n) is 6.04. The Morgan fingerprint density at radius 2 is 1.90 bits per heavy atom. The fraction of sp³-hybridized carbons (Fsp3) is 0.929. The summed E-state index contributed by atoms with van der Waals surface area (Å²) in [4.78, 5) is 12.1. The number of amides is 1. The van der Waals surface area contributed by atoms with Crippen LogP contribution >= 0.6 is 25.3 Å². The molecule has 0 aromatic heterocycles. The molecule has 1 amide bonds. The first kappa shape index (κ1) is 19.1. The number of nitrogens with one attached hydrogen (secondary N) is 1. The van der Waals surface area contributed by atoms with Gasteiger partial charge in [0, 0.05) is 22.6 Å². The third-order valence-electron chi connectivity index (χ3n) is 4.04. The zero-order valence-electron chi connectivity index (χ0n) is 12.6. The molecule has 7 heteroatoms. The molecule has 0 bridgehead atoms. The highest BCUT2D eigenvalue weighted by Crippen LogP contribution is 2.25. The molecule has 124 valence electrons. The highest BCUT2D eigenvalue weighted by atomic mass is 32.1. The number of thiol groups is 2. The summed E-state index contributed by atoms with van der Waals surface area (Å²) < 4.78 is 0. The first-order chi connectivity index (χ1) is 9.93. The van der Waals surface area contributed by atoms with Crippen LogP contribution in [-0.4, -0.2) is 41.1 Å². The van der Waals surface area contributed by atoms with Gasteiger partial charge in [-0.25, -0.2) is 0 Å². The van der Waals surface area contributed by atoms with Crippen LogP contribution in [0.25, 0.3) is 0 Å². The van der Waals surface area contributed by atoms with Gasteiger partial charge in [-0.15, -0.1) is 0 Å². The Hall–Kier alpha value is 0.0500. The van der Waals surface area contributed by atoms with Crippen molar-refractivity contribution in [2.24, 2.45) is 17.2 Å². The van der Waals surface area contributed by atoms with E-state index in [-0.39, 0.29) is 28.5 Å². The van der Waals surface area contributed by atoms with E-state index < -0.39 is 6.04 Å². The number of carbonyl (C=O) groups is 1. The van der Waals surface area contributed by atoms with Crippen LogP contribution < -0.4 is 22.5 Å². The first-order valence-corrected chi connectivity index (χ1v) is 8.85. The molecule has 0 saturated heterocycles. The van der Waals surface area contributed by atoms with Crippen molar-refractivity contribution in [1.29, 1.82) is 0 Å². The number of rotatable bonds is 6. The van der Waals surface area contributed by atoms with Gasteiger partial charge in [-0.2, -0.15) is 25.3 Å². The third kappa shape index (κ3) is 7.23. The molecule has 0 aliphatic heterocycles. The first-order valence-electron chi connectivity index (χ1n) is 7.81. The number of carbonyl (C=O) groups excluding carboxylic acids is 1. The Kier molecular flexibility index (Phi) is 9.04. The van der Waals surface area contributed by atoms with E-state index in [2.05, 4.69) is 30.6 Å². The van der Waals surface area contributed by atoms with E-state index in [1.807, 2.05) is 0 Å². The zero-order valence-corrected chi connectivity index (χ0v) is 14.4. The number of hydrogen-bond donors (Lipinski definition) is 6. The van der Waals surface area contributed by atoms with Crippen LogP contribution in [0.1, 0.15) is 44.9 Å². The van der Waals surface area contributed by atoms with Crippen molar-refractivity contribution in [3.63, 3.8) is 0 Å². The van der Waals surface area contributed by atoms with E-state index in [0.717, 1.165) is 38.5 Å². The minimum Gasteiger partial charge on any atom is -0.352 e. The summed E-state index contributed by atoms with van der Waals surface area (Å²) in [5, 5.41) is 3.49. The lowest BCUT2D eigenvalue weighted by molar-refractivity contribution is -0.123. The van der Waals surface area contributed by atoms with E-state index in [1.54, 1.807) is 0 Å². The smallest absolute Gasteiger partial charge is 0.237 e. The van der Waals surface area contributed by atoms with Crippen molar-refractivity contribution < 1.29 is 4.79 Å².